The number of nitrogen functional groups attached to an aromatic ring is 1. The lowest BCUT2D eigenvalue weighted by Gasteiger charge is -2.49. The first-order valence-corrected chi connectivity index (χ1v) is 12.1. The van der Waals surface area contributed by atoms with Crippen molar-refractivity contribution in [2.24, 2.45) is 5.16 Å². The molecule has 0 saturated carbocycles. The summed E-state index contributed by atoms with van der Waals surface area (Å²) in [6, 6.07) is -1.14. The van der Waals surface area contributed by atoms with E-state index in [-0.39, 0.29) is 40.7 Å². The molecule has 3 aliphatic heterocycles. The van der Waals surface area contributed by atoms with E-state index in [9.17, 15) is 42.7 Å². The van der Waals surface area contributed by atoms with Crippen molar-refractivity contribution in [2.75, 3.05) is 24.6 Å². The van der Waals surface area contributed by atoms with E-state index in [1.54, 1.807) is 0 Å². The first-order chi connectivity index (χ1) is 16.9. The number of thiazole rings is 1. The Labute approximate surface area is 208 Å². The quantitative estimate of drug-likeness (QED) is 0.129. The molecule has 2 atom stereocenters. The second-order valence-electron chi connectivity index (χ2n) is 7.82. The standard InChI is InChI=1S/C19H17F3N6O6S2/c20-19(21,22)6-27-2-1-7(14(27)30)3-8-4-35-16-11(15(31)28(16)12(8)17(32)33)25-13(29)10(26-34)9-5-36-18(23)24-9/h3,5,11,16,34H,1-2,4,6H2,(H2,23,24)(H,25,29)(H,32,33)/b7-3+,26-10-/t11-,16-/m1/s1. The number of carbonyl (C=O) groups excluding carboxylic acids is 3. The lowest BCUT2D eigenvalue weighted by Crippen LogP contribution is -2.71. The van der Waals surface area contributed by atoms with Crippen molar-refractivity contribution in [3.63, 3.8) is 0 Å². The number of amides is 3. The second kappa shape index (κ2) is 9.45. The Balaban J connectivity index is 1.52. The molecule has 5 N–H and O–H groups in total. The SMILES string of the molecule is Nc1nc(/C(=N/O)C(=O)N[C@@H]2C(=O)N3C(C(=O)O)=C(/C=C4\CCN(CC(F)(F)F)C4=O)CS[C@H]23)cs1. The van der Waals surface area contributed by atoms with Gasteiger partial charge in [-0.3, -0.25) is 19.3 Å². The minimum absolute atomic E-state index is 0.00353. The van der Waals surface area contributed by atoms with E-state index in [4.69, 9.17) is 5.73 Å². The summed E-state index contributed by atoms with van der Waals surface area (Å²) >= 11 is 2.09. The highest BCUT2D eigenvalue weighted by Crippen LogP contribution is 2.41. The largest absolute Gasteiger partial charge is 0.477 e. The minimum Gasteiger partial charge on any atom is -0.477 e. The van der Waals surface area contributed by atoms with Crippen molar-refractivity contribution in [1.82, 2.24) is 20.1 Å². The molecule has 0 unspecified atom stereocenters. The Morgan fingerprint density at radius 1 is 1.36 bits per heavy atom. The summed E-state index contributed by atoms with van der Waals surface area (Å²) in [6.45, 7) is -1.57. The topological polar surface area (TPSA) is 179 Å². The van der Waals surface area contributed by atoms with Gasteiger partial charge in [0.25, 0.3) is 11.8 Å². The number of fused-ring (bicyclic) bond motifs is 1. The van der Waals surface area contributed by atoms with Crippen LogP contribution in [0.3, 0.4) is 0 Å². The van der Waals surface area contributed by atoms with Gasteiger partial charge in [0.1, 0.15) is 29.4 Å². The van der Waals surface area contributed by atoms with Gasteiger partial charge in [-0.25, -0.2) is 9.78 Å². The third-order valence-corrected chi connectivity index (χ3v) is 7.47. The Hall–Kier alpha value is -3.60. The zero-order valence-corrected chi connectivity index (χ0v) is 19.6. The number of allylic oxidation sites excluding steroid dienone is 1. The maximum absolute atomic E-state index is 12.8. The van der Waals surface area contributed by atoms with Crippen LogP contribution in [0.25, 0.3) is 0 Å². The molecule has 1 aromatic heterocycles. The van der Waals surface area contributed by atoms with Gasteiger partial charge < -0.3 is 26.3 Å². The number of carboxylic acids is 1. The average Bonchev–Trinajstić information content (AvgIpc) is 3.37. The fraction of sp³-hybridized carbons (Fsp3) is 0.368. The summed E-state index contributed by atoms with van der Waals surface area (Å²) in [5, 5.41) is 24.9. The number of rotatable bonds is 6. The van der Waals surface area contributed by atoms with Crippen LogP contribution in [-0.4, -0.2) is 90.9 Å². The molecule has 2 saturated heterocycles. The van der Waals surface area contributed by atoms with Gasteiger partial charge in [-0.2, -0.15) is 13.2 Å². The molecule has 1 aromatic rings. The van der Waals surface area contributed by atoms with Crippen molar-refractivity contribution in [2.45, 2.75) is 24.0 Å². The van der Waals surface area contributed by atoms with Gasteiger partial charge >= 0.3 is 12.1 Å². The number of nitrogens with two attached hydrogens (primary N) is 1. The van der Waals surface area contributed by atoms with Crippen molar-refractivity contribution in [3.05, 3.63) is 34.0 Å². The molecular formula is C19H17F3N6O6S2. The molecule has 3 amide bonds. The van der Waals surface area contributed by atoms with Crippen molar-refractivity contribution < 1.29 is 42.7 Å². The zero-order valence-electron chi connectivity index (χ0n) is 18.0. The van der Waals surface area contributed by atoms with E-state index in [1.807, 2.05) is 0 Å². The average molecular weight is 547 g/mol. The maximum Gasteiger partial charge on any atom is 0.406 e. The predicted octanol–water partition coefficient (Wildman–Crippen LogP) is 0.363. The van der Waals surface area contributed by atoms with Gasteiger partial charge in [-0.1, -0.05) is 5.16 Å². The fourth-order valence-electron chi connectivity index (χ4n) is 3.95. The number of aliphatic carboxylic acids is 1. The third kappa shape index (κ3) is 4.75. The predicted molar refractivity (Wildman–Crippen MR) is 120 cm³/mol. The summed E-state index contributed by atoms with van der Waals surface area (Å²) in [7, 11) is 0. The Kier molecular flexibility index (Phi) is 6.70. The molecule has 0 aromatic carbocycles. The molecule has 0 radical (unpaired) electrons. The number of thioether (sulfide) groups is 1. The number of hydrogen-bond acceptors (Lipinski definition) is 10. The Morgan fingerprint density at radius 2 is 2.08 bits per heavy atom. The van der Waals surface area contributed by atoms with E-state index in [0.717, 1.165) is 28.0 Å². The number of carbonyl (C=O) groups is 4. The highest BCUT2D eigenvalue weighted by molar-refractivity contribution is 8.00. The zero-order chi connectivity index (χ0) is 26.4. The molecule has 0 bridgehead atoms. The molecule has 2 fully saturated rings. The van der Waals surface area contributed by atoms with Crippen LogP contribution < -0.4 is 11.1 Å². The molecule has 0 spiro atoms. The van der Waals surface area contributed by atoms with Crippen LogP contribution in [0.1, 0.15) is 12.1 Å². The number of carboxylic acid groups (broad SMARTS) is 1. The van der Waals surface area contributed by atoms with Gasteiger partial charge in [0.2, 0.25) is 5.91 Å². The van der Waals surface area contributed by atoms with Crippen LogP contribution in [0.5, 0.6) is 0 Å². The summed E-state index contributed by atoms with van der Waals surface area (Å²) in [5.74, 6) is -4.01. The summed E-state index contributed by atoms with van der Waals surface area (Å²) < 4.78 is 38.0. The first-order valence-electron chi connectivity index (χ1n) is 10.1. The van der Waals surface area contributed by atoms with E-state index in [1.165, 1.54) is 11.5 Å². The highest BCUT2D eigenvalue weighted by Gasteiger charge is 2.54. The lowest BCUT2D eigenvalue weighted by molar-refractivity contribution is -0.156. The molecule has 17 heteroatoms. The third-order valence-electron chi connectivity index (χ3n) is 5.50. The van der Waals surface area contributed by atoms with Gasteiger partial charge in [-0.05, 0) is 18.1 Å². The smallest absolute Gasteiger partial charge is 0.406 e. The number of nitrogens with zero attached hydrogens (tertiary/aromatic N) is 4. The minimum atomic E-state index is -4.57. The van der Waals surface area contributed by atoms with E-state index in [0.29, 0.717) is 4.90 Å². The molecule has 4 rings (SSSR count). The van der Waals surface area contributed by atoms with Crippen molar-refractivity contribution in [3.8, 4) is 0 Å². The van der Waals surface area contributed by atoms with E-state index >= 15 is 0 Å². The fourth-order valence-corrected chi connectivity index (χ4v) is 5.80. The normalized spacial score (nSPS) is 23.8. The van der Waals surface area contributed by atoms with Crippen LogP contribution in [0, 0.1) is 0 Å². The van der Waals surface area contributed by atoms with Crippen LogP contribution in [0.2, 0.25) is 0 Å². The molecule has 3 aliphatic rings. The van der Waals surface area contributed by atoms with Gasteiger partial charge in [0, 0.05) is 23.3 Å². The number of oxime groups is 1. The number of halogens is 3. The number of aromatic nitrogens is 1. The lowest BCUT2D eigenvalue weighted by atomic mass is 10.0. The van der Waals surface area contributed by atoms with Crippen molar-refractivity contribution in [1.29, 1.82) is 0 Å². The molecular weight excluding hydrogens is 529 g/mol. The monoisotopic (exact) mass is 546 g/mol. The second-order valence-corrected chi connectivity index (χ2v) is 9.82. The summed E-state index contributed by atoms with van der Waals surface area (Å²) in [6.07, 6.45) is -3.36. The van der Waals surface area contributed by atoms with E-state index < -0.39 is 59.2 Å². The van der Waals surface area contributed by atoms with Gasteiger partial charge in [-0.15, -0.1) is 23.1 Å². The summed E-state index contributed by atoms with van der Waals surface area (Å²) in [5.41, 5.74) is 4.69. The molecule has 0 aliphatic carbocycles. The van der Waals surface area contributed by atoms with Gasteiger partial charge in [0.05, 0.1) is 0 Å². The number of β-lactam (4-membered cyclic amide) rings is 1. The summed E-state index contributed by atoms with van der Waals surface area (Å²) in [4.78, 5) is 55.1. The first kappa shape index (κ1) is 25.5. The number of nitrogens with one attached hydrogen (secondary N) is 1. The molecule has 4 heterocycles. The van der Waals surface area contributed by atoms with Crippen LogP contribution in [0.15, 0.2) is 33.5 Å². The van der Waals surface area contributed by atoms with Crippen LogP contribution >= 0.6 is 23.1 Å². The number of alkyl halides is 3. The Morgan fingerprint density at radius 3 is 2.67 bits per heavy atom. The van der Waals surface area contributed by atoms with E-state index in [2.05, 4.69) is 15.5 Å². The highest BCUT2D eigenvalue weighted by atomic mass is 32.2. The molecule has 192 valence electrons. The van der Waals surface area contributed by atoms with Crippen molar-refractivity contribution >= 4 is 57.6 Å². The molecule has 12 nitrogen and oxygen atoms in total. The maximum atomic E-state index is 12.8. The van der Waals surface area contributed by atoms with Gasteiger partial charge in [0.15, 0.2) is 10.8 Å². The number of hydrogen-bond donors (Lipinski definition) is 4. The number of likely N-dealkylation sites (tertiary alicyclic amines) is 1. The number of anilines is 1. The van der Waals surface area contributed by atoms with Crippen LogP contribution in [0.4, 0.5) is 18.3 Å². The molecule has 36 heavy (non-hydrogen) atoms. The van der Waals surface area contributed by atoms with Crippen LogP contribution in [-0.2, 0) is 19.2 Å². The Bertz CT molecular complexity index is 1240.